The van der Waals surface area contributed by atoms with Crippen molar-refractivity contribution in [1.82, 2.24) is 0 Å². The molecule has 1 aliphatic carbocycles. The van der Waals surface area contributed by atoms with E-state index in [2.05, 4.69) is 52.9 Å². The second-order valence-corrected chi connectivity index (χ2v) is 6.62. The Morgan fingerprint density at radius 3 is 2.50 bits per heavy atom. The van der Waals surface area contributed by atoms with Crippen molar-refractivity contribution in [2.45, 2.75) is 44.8 Å². The summed E-state index contributed by atoms with van der Waals surface area (Å²) in [7, 11) is 0. The molecule has 1 unspecified atom stereocenters. The highest BCUT2D eigenvalue weighted by Gasteiger charge is 2.29. The highest BCUT2D eigenvalue weighted by molar-refractivity contribution is 7.07. The van der Waals surface area contributed by atoms with E-state index in [1.54, 1.807) is 11.3 Å². The molecule has 1 aliphatic rings. The van der Waals surface area contributed by atoms with Crippen molar-refractivity contribution in [2.75, 3.05) is 4.90 Å². The molecule has 1 aromatic heterocycles. The van der Waals surface area contributed by atoms with Gasteiger partial charge in [0.2, 0.25) is 0 Å². The molecule has 20 heavy (non-hydrogen) atoms. The van der Waals surface area contributed by atoms with Crippen LogP contribution in [0.3, 0.4) is 0 Å². The highest BCUT2D eigenvalue weighted by atomic mass is 32.1. The number of hydrogen-bond donors (Lipinski definition) is 1. The Hall–Kier alpha value is -1.32. The molecule has 1 fully saturated rings. The van der Waals surface area contributed by atoms with Crippen LogP contribution in [0, 0.1) is 0 Å². The second kappa shape index (κ2) is 5.98. The molecule has 2 nitrogen and oxygen atoms in total. The van der Waals surface area contributed by atoms with Crippen molar-refractivity contribution in [2.24, 2.45) is 5.73 Å². The van der Waals surface area contributed by atoms with Gasteiger partial charge in [0.25, 0.3) is 0 Å². The second-order valence-electron chi connectivity index (χ2n) is 5.84. The molecule has 106 valence electrons. The fourth-order valence-corrected chi connectivity index (χ4v) is 3.25. The first kappa shape index (κ1) is 13.7. The molecule has 0 aliphatic heterocycles. The van der Waals surface area contributed by atoms with Crippen LogP contribution in [-0.2, 0) is 13.0 Å². The first-order valence-electron chi connectivity index (χ1n) is 7.34. The normalized spacial score (nSPS) is 16.1. The van der Waals surface area contributed by atoms with Gasteiger partial charge in [0, 0.05) is 24.3 Å². The maximum absolute atomic E-state index is 5.86. The van der Waals surface area contributed by atoms with Crippen LogP contribution in [0.4, 0.5) is 5.69 Å². The number of anilines is 1. The summed E-state index contributed by atoms with van der Waals surface area (Å²) in [6.07, 6.45) is 3.60. The van der Waals surface area contributed by atoms with Gasteiger partial charge >= 0.3 is 0 Å². The minimum absolute atomic E-state index is 0.228. The Morgan fingerprint density at radius 2 is 1.95 bits per heavy atom. The molecule has 1 saturated carbocycles. The van der Waals surface area contributed by atoms with Crippen molar-refractivity contribution in [1.29, 1.82) is 0 Å². The maximum Gasteiger partial charge on any atom is 0.0440 e. The van der Waals surface area contributed by atoms with Gasteiger partial charge in [-0.2, -0.15) is 11.3 Å². The standard InChI is InChI=1S/C17H22N2S/c1-13(18)10-14-2-4-16(5-3-14)19(17-6-7-17)11-15-8-9-20-12-15/h2-5,8-9,12-13,17H,6-7,10-11,18H2,1H3. The number of nitrogens with zero attached hydrogens (tertiary/aromatic N) is 1. The smallest absolute Gasteiger partial charge is 0.0440 e. The van der Waals surface area contributed by atoms with Gasteiger partial charge in [-0.1, -0.05) is 12.1 Å². The van der Waals surface area contributed by atoms with Crippen LogP contribution in [-0.4, -0.2) is 12.1 Å². The topological polar surface area (TPSA) is 29.3 Å². The van der Waals surface area contributed by atoms with Gasteiger partial charge in [-0.25, -0.2) is 0 Å². The van der Waals surface area contributed by atoms with Gasteiger partial charge in [-0.3, -0.25) is 0 Å². The summed E-state index contributed by atoms with van der Waals surface area (Å²) in [6, 6.07) is 12.1. The maximum atomic E-state index is 5.86. The molecular weight excluding hydrogens is 264 g/mol. The monoisotopic (exact) mass is 286 g/mol. The zero-order valence-corrected chi connectivity index (χ0v) is 12.8. The molecule has 0 saturated heterocycles. The lowest BCUT2D eigenvalue weighted by Crippen LogP contribution is -2.24. The van der Waals surface area contributed by atoms with Crippen molar-refractivity contribution in [3.05, 3.63) is 52.2 Å². The average molecular weight is 286 g/mol. The number of thiophene rings is 1. The van der Waals surface area contributed by atoms with E-state index in [0.717, 1.165) is 19.0 Å². The van der Waals surface area contributed by atoms with E-state index < -0.39 is 0 Å². The van der Waals surface area contributed by atoms with Gasteiger partial charge < -0.3 is 10.6 Å². The summed E-state index contributed by atoms with van der Waals surface area (Å²) in [6.45, 7) is 3.09. The van der Waals surface area contributed by atoms with E-state index in [9.17, 15) is 0 Å². The fraction of sp³-hybridized carbons (Fsp3) is 0.412. The van der Waals surface area contributed by atoms with E-state index >= 15 is 0 Å². The first-order chi connectivity index (χ1) is 9.72. The Kier molecular flexibility index (Phi) is 4.08. The van der Waals surface area contributed by atoms with E-state index in [4.69, 9.17) is 5.73 Å². The Morgan fingerprint density at radius 1 is 1.20 bits per heavy atom. The van der Waals surface area contributed by atoms with E-state index in [0.29, 0.717) is 0 Å². The molecule has 0 spiro atoms. The summed E-state index contributed by atoms with van der Waals surface area (Å²) in [4.78, 5) is 2.54. The number of hydrogen-bond acceptors (Lipinski definition) is 3. The molecule has 1 atom stereocenters. The molecule has 0 bridgehead atoms. The summed E-state index contributed by atoms with van der Waals surface area (Å²) in [5, 5.41) is 4.41. The third-order valence-corrected chi connectivity index (χ3v) is 4.48. The molecule has 1 aromatic carbocycles. The SMILES string of the molecule is CC(N)Cc1ccc(N(Cc2ccsc2)C2CC2)cc1. The van der Waals surface area contributed by atoms with Crippen LogP contribution in [0.25, 0.3) is 0 Å². The van der Waals surface area contributed by atoms with Crippen molar-refractivity contribution in [3.63, 3.8) is 0 Å². The van der Waals surface area contributed by atoms with E-state index in [1.165, 1.54) is 29.7 Å². The Balaban J connectivity index is 1.74. The zero-order valence-electron chi connectivity index (χ0n) is 12.0. The number of benzene rings is 1. The van der Waals surface area contributed by atoms with Crippen LogP contribution in [0.5, 0.6) is 0 Å². The van der Waals surface area contributed by atoms with Crippen molar-refractivity contribution >= 4 is 17.0 Å². The third-order valence-electron chi connectivity index (χ3n) is 3.75. The summed E-state index contributed by atoms with van der Waals surface area (Å²) >= 11 is 1.78. The van der Waals surface area contributed by atoms with Gasteiger partial charge in [0.1, 0.15) is 0 Å². The fourth-order valence-electron chi connectivity index (χ4n) is 2.59. The van der Waals surface area contributed by atoms with Gasteiger partial charge in [0.15, 0.2) is 0 Å². The highest BCUT2D eigenvalue weighted by Crippen LogP contribution is 2.33. The predicted molar refractivity (Wildman–Crippen MR) is 87.3 cm³/mol. The van der Waals surface area contributed by atoms with Crippen molar-refractivity contribution in [3.8, 4) is 0 Å². The zero-order chi connectivity index (χ0) is 13.9. The van der Waals surface area contributed by atoms with E-state index in [1.807, 2.05) is 0 Å². The summed E-state index contributed by atoms with van der Waals surface area (Å²) in [5.41, 5.74) is 9.95. The summed E-state index contributed by atoms with van der Waals surface area (Å²) < 4.78 is 0. The molecule has 1 heterocycles. The molecule has 2 aromatic rings. The Labute approximate surface area is 125 Å². The van der Waals surface area contributed by atoms with Crippen LogP contribution < -0.4 is 10.6 Å². The number of nitrogens with two attached hydrogens (primary N) is 1. The Bertz CT molecular complexity index is 527. The largest absolute Gasteiger partial charge is 0.364 e. The van der Waals surface area contributed by atoms with Crippen LogP contribution in [0.15, 0.2) is 41.1 Å². The lowest BCUT2D eigenvalue weighted by atomic mass is 10.1. The lowest BCUT2D eigenvalue weighted by molar-refractivity contribution is 0.737. The van der Waals surface area contributed by atoms with Crippen LogP contribution >= 0.6 is 11.3 Å². The van der Waals surface area contributed by atoms with Crippen molar-refractivity contribution < 1.29 is 0 Å². The molecule has 2 N–H and O–H groups in total. The van der Waals surface area contributed by atoms with Crippen LogP contribution in [0.2, 0.25) is 0 Å². The first-order valence-corrected chi connectivity index (χ1v) is 8.29. The quantitative estimate of drug-likeness (QED) is 0.875. The van der Waals surface area contributed by atoms with Gasteiger partial charge in [-0.05, 0) is 66.3 Å². The third kappa shape index (κ3) is 3.41. The lowest BCUT2D eigenvalue weighted by Gasteiger charge is -2.24. The summed E-state index contributed by atoms with van der Waals surface area (Å²) in [5.74, 6) is 0. The minimum Gasteiger partial charge on any atom is -0.364 e. The predicted octanol–water partition coefficient (Wildman–Crippen LogP) is 3.81. The average Bonchev–Trinajstić information content (AvgIpc) is 3.14. The molecule has 3 rings (SSSR count). The number of rotatable bonds is 6. The van der Waals surface area contributed by atoms with Crippen LogP contribution in [0.1, 0.15) is 30.9 Å². The van der Waals surface area contributed by atoms with Gasteiger partial charge in [0.05, 0.1) is 0 Å². The van der Waals surface area contributed by atoms with E-state index in [-0.39, 0.29) is 6.04 Å². The molecular formula is C17H22N2S. The minimum atomic E-state index is 0.228. The molecule has 0 amide bonds. The molecule has 3 heteroatoms. The van der Waals surface area contributed by atoms with Gasteiger partial charge in [-0.15, -0.1) is 0 Å². The molecule has 0 radical (unpaired) electrons.